The predicted molar refractivity (Wildman–Crippen MR) is 62.1 cm³/mol. The third kappa shape index (κ3) is 2.81. The van der Waals surface area contributed by atoms with Gasteiger partial charge in [0.05, 0.1) is 4.88 Å². The van der Waals surface area contributed by atoms with E-state index in [0.29, 0.717) is 12.2 Å². The van der Waals surface area contributed by atoms with E-state index >= 15 is 0 Å². The van der Waals surface area contributed by atoms with Crippen LogP contribution < -0.4 is 0 Å². The van der Waals surface area contributed by atoms with E-state index in [1.165, 1.54) is 5.56 Å². The summed E-state index contributed by atoms with van der Waals surface area (Å²) >= 11 is 1.56. The van der Waals surface area contributed by atoms with Gasteiger partial charge in [-0.2, -0.15) is 0 Å². The molecule has 14 heavy (non-hydrogen) atoms. The molecule has 0 atom stereocenters. The van der Waals surface area contributed by atoms with Crippen molar-refractivity contribution in [3.63, 3.8) is 0 Å². The van der Waals surface area contributed by atoms with E-state index in [0.717, 1.165) is 24.1 Å². The maximum atomic E-state index is 11.7. The van der Waals surface area contributed by atoms with E-state index in [4.69, 9.17) is 0 Å². The molecule has 0 fully saturated rings. The molecule has 0 unspecified atom stereocenters. The van der Waals surface area contributed by atoms with Gasteiger partial charge in [0, 0.05) is 6.42 Å². The molecule has 0 aliphatic rings. The summed E-state index contributed by atoms with van der Waals surface area (Å²) in [5.41, 5.74) is 1.19. The van der Waals surface area contributed by atoms with Crippen LogP contribution in [0.1, 0.15) is 41.4 Å². The van der Waals surface area contributed by atoms with Crippen LogP contribution in [0.25, 0.3) is 0 Å². The molecule has 0 aliphatic carbocycles. The largest absolute Gasteiger partial charge is 0.293 e. The van der Waals surface area contributed by atoms with Gasteiger partial charge in [0.25, 0.3) is 0 Å². The van der Waals surface area contributed by atoms with E-state index in [-0.39, 0.29) is 0 Å². The van der Waals surface area contributed by atoms with E-state index in [1.54, 1.807) is 11.3 Å². The Morgan fingerprint density at radius 2 is 2.43 bits per heavy atom. The number of hydrogen-bond donors (Lipinski definition) is 0. The van der Waals surface area contributed by atoms with Crippen LogP contribution in [0.15, 0.2) is 24.1 Å². The van der Waals surface area contributed by atoms with Crippen molar-refractivity contribution in [2.24, 2.45) is 0 Å². The lowest BCUT2D eigenvalue weighted by Crippen LogP contribution is -1.98. The first-order valence-electron chi connectivity index (χ1n) is 5.00. The Bertz CT molecular complexity index is 312. The standard InChI is InChI=1S/C12H16OS/c1-3-5-6-7-11(13)12-10(4-2)8-9-14-12/h3,8-9H,1,4-7H2,2H3. The molecule has 0 bridgehead atoms. The number of allylic oxidation sites excluding steroid dienone is 1. The second-order valence-corrected chi connectivity index (χ2v) is 4.15. The molecule has 1 aromatic heterocycles. The van der Waals surface area contributed by atoms with Crippen molar-refractivity contribution in [1.29, 1.82) is 0 Å². The first-order valence-corrected chi connectivity index (χ1v) is 5.88. The van der Waals surface area contributed by atoms with Crippen molar-refractivity contribution >= 4 is 17.1 Å². The van der Waals surface area contributed by atoms with Gasteiger partial charge in [-0.3, -0.25) is 4.79 Å². The zero-order valence-electron chi connectivity index (χ0n) is 8.58. The lowest BCUT2D eigenvalue weighted by Gasteiger charge is -1.99. The van der Waals surface area contributed by atoms with Crippen LogP contribution >= 0.6 is 11.3 Å². The first kappa shape index (κ1) is 11.2. The SMILES string of the molecule is C=CCCCC(=O)c1sccc1CC. The van der Waals surface area contributed by atoms with E-state index in [2.05, 4.69) is 13.5 Å². The Balaban J connectivity index is 2.55. The molecule has 0 aromatic carbocycles. The lowest BCUT2D eigenvalue weighted by molar-refractivity contribution is 0.0983. The molecule has 1 nitrogen and oxygen atoms in total. The number of ketones is 1. The normalized spacial score (nSPS) is 10.1. The van der Waals surface area contributed by atoms with Crippen LogP contribution in [0.3, 0.4) is 0 Å². The number of carbonyl (C=O) groups is 1. The molecule has 0 saturated heterocycles. The van der Waals surface area contributed by atoms with Gasteiger partial charge in [0.2, 0.25) is 0 Å². The molecular weight excluding hydrogens is 192 g/mol. The Hall–Kier alpha value is -0.890. The molecule has 1 rings (SSSR count). The van der Waals surface area contributed by atoms with Crippen molar-refractivity contribution in [3.8, 4) is 0 Å². The fraction of sp³-hybridized carbons (Fsp3) is 0.417. The highest BCUT2D eigenvalue weighted by Gasteiger charge is 2.10. The molecule has 0 saturated carbocycles. The lowest BCUT2D eigenvalue weighted by atomic mass is 10.1. The van der Waals surface area contributed by atoms with Gasteiger partial charge < -0.3 is 0 Å². The number of carbonyl (C=O) groups excluding carboxylic acids is 1. The van der Waals surface area contributed by atoms with Gasteiger partial charge in [-0.25, -0.2) is 0 Å². The summed E-state index contributed by atoms with van der Waals surface area (Å²) in [6, 6.07) is 2.05. The highest BCUT2D eigenvalue weighted by molar-refractivity contribution is 7.12. The second-order valence-electron chi connectivity index (χ2n) is 3.23. The van der Waals surface area contributed by atoms with Crippen LogP contribution in [0.4, 0.5) is 0 Å². The van der Waals surface area contributed by atoms with Crippen LogP contribution in [-0.4, -0.2) is 5.78 Å². The van der Waals surface area contributed by atoms with Crippen molar-refractivity contribution in [1.82, 2.24) is 0 Å². The fourth-order valence-corrected chi connectivity index (χ4v) is 2.34. The van der Waals surface area contributed by atoms with Gasteiger partial charge in [0.1, 0.15) is 0 Å². The summed E-state index contributed by atoms with van der Waals surface area (Å²) in [5, 5.41) is 2.00. The first-order chi connectivity index (χ1) is 6.79. The fourth-order valence-electron chi connectivity index (χ4n) is 1.38. The van der Waals surface area contributed by atoms with Crippen LogP contribution in [0, 0.1) is 0 Å². The Kier molecular flexibility index (Phi) is 4.60. The van der Waals surface area contributed by atoms with Gasteiger partial charge >= 0.3 is 0 Å². The van der Waals surface area contributed by atoms with Gasteiger partial charge in [-0.05, 0) is 36.3 Å². The highest BCUT2D eigenvalue weighted by Crippen LogP contribution is 2.20. The quantitative estimate of drug-likeness (QED) is 0.394. The van der Waals surface area contributed by atoms with E-state index in [9.17, 15) is 4.79 Å². The predicted octanol–water partition coefficient (Wildman–Crippen LogP) is 3.85. The van der Waals surface area contributed by atoms with Crippen LogP contribution in [0.5, 0.6) is 0 Å². The molecule has 1 heterocycles. The topological polar surface area (TPSA) is 17.1 Å². The molecule has 0 amide bonds. The van der Waals surface area contributed by atoms with Crippen molar-refractivity contribution < 1.29 is 4.79 Å². The van der Waals surface area contributed by atoms with Gasteiger partial charge in [0.15, 0.2) is 5.78 Å². The summed E-state index contributed by atoms with van der Waals surface area (Å²) in [6.07, 6.45) is 5.32. The summed E-state index contributed by atoms with van der Waals surface area (Å²) in [4.78, 5) is 12.7. The molecule has 76 valence electrons. The summed E-state index contributed by atoms with van der Waals surface area (Å²) in [7, 11) is 0. The number of rotatable bonds is 6. The van der Waals surface area contributed by atoms with Crippen molar-refractivity contribution in [2.75, 3.05) is 0 Å². The molecule has 0 radical (unpaired) electrons. The summed E-state index contributed by atoms with van der Waals surface area (Å²) in [6.45, 7) is 5.73. The molecular formula is C12H16OS. The molecule has 1 aromatic rings. The number of thiophene rings is 1. The maximum Gasteiger partial charge on any atom is 0.173 e. The van der Waals surface area contributed by atoms with Crippen molar-refractivity contribution in [3.05, 3.63) is 34.5 Å². The van der Waals surface area contributed by atoms with Gasteiger partial charge in [-0.1, -0.05) is 13.0 Å². The van der Waals surface area contributed by atoms with E-state index < -0.39 is 0 Å². The second kappa shape index (κ2) is 5.76. The highest BCUT2D eigenvalue weighted by atomic mass is 32.1. The minimum atomic E-state index is 0.290. The maximum absolute atomic E-state index is 11.7. The molecule has 0 aliphatic heterocycles. The minimum Gasteiger partial charge on any atom is -0.293 e. The Morgan fingerprint density at radius 3 is 3.07 bits per heavy atom. The minimum absolute atomic E-state index is 0.290. The van der Waals surface area contributed by atoms with Crippen LogP contribution in [0.2, 0.25) is 0 Å². The number of Topliss-reactive ketones (excluding diaryl/α,β-unsaturated/α-hetero) is 1. The molecule has 0 N–H and O–H groups in total. The van der Waals surface area contributed by atoms with Crippen LogP contribution in [-0.2, 0) is 6.42 Å². The average Bonchev–Trinajstić information content (AvgIpc) is 2.65. The van der Waals surface area contributed by atoms with E-state index in [1.807, 2.05) is 17.5 Å². The Morgan fingerprint density at radius 1 is 1.64 bits per heavy atom. The smallest absolute Gasteiger partial charge is 0.173 e. The molecule has 0 spiro atoms. The number of hydrogen-bond acceptors (Lipinski definition) is 2. The monoisotopic (exact) mass is 208 g/mol. The third-order valence-corrected chi connectivity index (χ3v) is 3.19. The molecule has 2 heteroatoms. The van der Waals surface area contributed by atoms with Gasteiger partial charge in [-0.15, -0.1) is 17.9 Å². The summed E-state index contributed by atoms with van der Waals surface area (Å²) in [5.74, 6) is 0.290. The number of aryl methyl sites for hydroxylation is 1. The zero-order chi connectivity index (χ0) is 10.4. The van der Waals surface area contributed by atoms with Crippen molar-refractivity contribution in [2.45, 2.75) is 32.6 Å². The zero-order valence-corrected chi connectivity index (χ0v) is 9.40. The Labute approximate surface area is 89.5 Å². The summed E-state index contributed by atoms with van der Waals surface area (Å²) < 4.78 is 0. The average molecular weight is 208 g/mol. The number of unbranched alkanes of at least 4 members (excludes halogenated alkanes) is 1. The third-order valence-electron chi connectivity index (χ3n) is 2.19.